The summed E-state index contributed by atoms with van der Waals surface area (Å²) < 4.78 is 30.2. The number of hydrogen-bond donors (Lipinski definition) is 1. The van der Waals surface area contributed by atoms with Crippen LogP contribution in [-0.4, -0.2) is 31.4 Å². The number of nitrogens with one attached hydrogen (secondary N) is 1. The van der Waals surface area contributed by atoms with Gasteiger partial charge >= 0.3 is 10.2 Å². The molecule has 1 aromatic heterocycles. The third kappa shape index (κ3) is 3.90. The average Bonchev–Trinajstić information content (AvgIpc) is 3.12. The van der Waals surface area contributed by atoms with E-state index in [0.29, 0.717) is 5.69 Å². The van der Waals surface area contributed by atoms with Crippen molar-refractivity contribution in [3.05, 3.63) is 102 Å². The van der Waals surface area contributed by atoms with Crippen molar-refractivity contribution in [2.45, 2.75) is 6.04 Å². The van der Waals surface area contributed by atoms with Crippen LogP contribution < -0.4 is 4.72 Å². The van der Waals surface area contributed by atoms with Gasteiger partial charge in [0.25, 0.3) is 0 Å². The number of nitrogens with zero attached hydrogens (tertiary/aromatic N) is 2. The summed E-state index contributed by atoms with van der Waals surface area (Å²) >= 11 is 0. The Kier molecular flexibility index (Phi) is 5.13. The molecule has 148 valence electrons. The van der Waals surface area contributed by atoms with Crippen molar-refractivity contribution in [2.75, 3.05) is 18.8 Å². The minimum absolute atomic E-state index is 0.0271. The second-order valence-corrected chi connectivity index (χ2v) is 8.99. The van der Waals surface area contributed by atoms with Crippen LogP contribution in [0, 0.1) is 0 Å². The minimum atomic E-state index is -3.54. The predicted octanol–water partition coefficient (Wildman–Crippen LogP) is 4.50. The average molecular weight is 406 g/mol. The van der Waals surface area contributed by atoms with Gasteiger partial charge in [-0.3, -0.25) is 4.72 Å². The van der Waals surface area contributed by atoms with Crippen LogP contribution in [-0.2, 0) is 10.2 Å². The zero-order chi connectivity index (χ0) is 20.4. The van der Waals surface area contributed by atoms with Gasteiger partial charge in [-0.1, -0.05) is 60.7 Å². The van der Waals surface area contributed by atoms with Gasteiger partial charge in [0.05, 0.1) is 11.7 Å². The normalized spacial score (nSPS) is 12.0. The molecule has 0 saturated heterocycles. The zero-order valence-corrected chi connectivity index (χ0v) is 17.2. The van der Waals surface area contributed by atoms with Gasteiger partial charge in [0.1, 0.15) is 0 Å². The van der Waals surface area contributed by atoms with Crippen molar-refractivity contribution >= 4 is 26.8 Å². The number of rotatable bonds is 6. The van der Waals surface area contributed by atoms with Crippen molar-refractivity contribution < 1.29 is 8.42 Å². The van der Waals surface area contributed by atoms with Crippen LogP contribution in [0.15, 0.2) is 91.1 Å². The first-order valence-corrected chi connectivity index (χ1v) is 10.8. The number of aromatic nitrogens is 1. The Morgan fingerprint density at radius 3 is 1.97 bits per heavy atom. The summed E-state index contributed by atoms with van der Waals surface area (Å²) in [6.45, 7) is 0. The van der Waals surface area contributed by atoms with Crippen LogP contribution in [0.5, 0.6) is 0 Å². The number of fused-ring (bicyclic) bond motifs is 1. The molecule has 1 N–H and O–H groups in total. The van der Waals surface area contributed by atoms with E-state index in [0.717, 1.165) is 15.2 Å². The maximum Gasteiger partial charge on any atom is 0.301 e. The molecule has 0 spiro atoms. The highest BCUT2D eigenvalue weighted by Gasteiger charge is 2.18. The van der Waals surface area contributed by atoms with Gasteiger partial charge in [-0.05, 0) is 35.4 Å². The largest absolute Gasteiger partial charge is 0.336 e. The lowest BCUT2D eigenvalue weighted by Crippen LogP contribution is -2.28. The second kappa shape index (κ2) is 7.73. The van der Waals surface area contributed by atoms with Gasteiger partial charge in [0.15, 0.2) is 0 Å². The fraction of sp³-hybridized carbons (Fsp3) is 0.130. The number of hydrogen-bond acceptors (Lipinski definition) is 2. The van der Waals surface area contributed by atoms with Crippen molar-refractivity contribution in [1.29, 1.82) is 0 Å². The molecule has 29 heavy (non-hydrogen) atoms. The Bertz CT molecular complexity index is 1180. The lowest BCUT2D eigenvalue weighted by molar-refractivity contribution is 0.527. The zero-order valence-electron chi connectivity index (χ0n) is 16.4. The maximum atomic E-state index is 12.1. The lowest BCUT2D eigenvalue weighted by Gasteiger charge is -2.22. The predicted molar refractivity (Wildman–Crippen MR) is 118 cm³/mol. The van der Waals surface area contributed by atoms with Crippen molar-refractivity contribution in [1.82, 2.24) is 8.87 Å². The van der Waals surface area contributed by atoms with E-state index in [2.05, 4.69) is 39.8 Å². The first-order valence-electron chi connectivity index (χ1n) is 9.36. The fourth-order valence-corrected chi connectivity index (χ4v) is 4.08. The lowest BCUT2D eigenvalue weighted by atomic mass is 9.98. The van der Waals surface area contributed by atoms with Crippen molar-refractivity contribution in [2.24, 2.45) is 0 Å². The Labute approximate surface area is 171 Å². The van der Waals surface area contributed by atoms with Crippen LogP contribution in [0.2, 0.25) is 0 Å². The molecule has 5 nitrogen and oxygen atoms in total. The molecule has 0 amide bonds. The third-order valence-electron chi connectivity index (χ3n) is 4.96. The van der Waals surface area contributed by atoms with E-state index in [1.807, 2.05) is 54.6 Å². The SMILES string of the molecule is CN(C)S(=O)(=O)Nc1ccc2c(ccn2C(c2ccccc2)c2ccccc2)c1. The molecule has 4 aromatic rings. The van der Waals surface area contributed by atoms with E-state index >= 15 is 0 Å². The first kappa shape index (κ1) is 19.2. The molecule has 0 aliphatic heterocycles. The standard InChI is InChI=1S/C23H23N3O2S/c1-25(2)29(27,28)24-21-13-14-22-20(17-21)15-16-26(22)23(18-9-5-3-6-10-18)19-11-7-4-8-12-19/h3-17,23-24H,1-2H3. The Hall–Kier alpha value is -3.09. The Balaban J connectivity index is 1.79. The van der Waals surface area contributed by atoms with Gasteiger partial charge < -0.3 is 4.57 Å². The van der Waals surface area contributed by atoms with Crippen molar-refractivity contribution in [3.8, 4) is 0 Å². The molecule has 0 fully saturated rings. The van der Waals surface area contributed by atoms with Crippen LogP contribution >= 0.6 is 0 Å². The smallest absolute Gasteiger partial charge is 0.301 e. The highest BCUT2D eigenvalue weighted by Crippen LogP contribution is 2.32. The molecule has 0 saturated carbocycles. The summed E-state index contributed by atoms with van der Waals surface area (Å²) in [6, 6.07) is 28.4. The Morgan fingerprint density at radius 1 is 0.828 bits per heavy atom. The van der Waals surface area contributed by atoms with E-state index in [1.165, 1.54) is 25.2 Å². The van der Waals surface area contributed by atoms with Gasteiger partial charge in [-0.2, -0.15) is 12.7 Å². The molecule has 0 unspecified atom stereocenters. The highest BCUT2D eigenvalue weighted by atomic mass is 32.2. The molecule has 0 aliphatic carbocycles. The monoisotopic (exact) mass is 405 g/mol. The molecular formula is C23H23N3O2S. The molecule has 6 heteroatoms. The summed E-state index contributed by atoms with van der Waals surface area (Å²) in [5.74, 6) is 0. The summed E-state index contributed by atoms with van der Waals surface area (Å²) in [5.41, 5.74) is 3.96. The molecule has 0 bridgehead atoms. The summed E-state index contributed by atoms with van der Waals surface area (Å²) in [4.78, 5) is 0. The fourth-order valence-electron chi connectivity index (χ4n) is 3.48. The topological polar surface area (TPSA) is 54.3 Å². The number of anilines is 1. The second-order valence-electron chi connectivity index (χ2n) is 7.11. The van der Waals surface area contributed by atoms with E-state index in [4.69, 9.17) is 0 Å². The van der Waals surface area contributed by atoms with Crippen molar-refractivity contribution in [3.63, 3.8) is 0 Å². The maximum absolute atomic E-state index is 12.1. The minimum Gasteiger partial charge on any atom is -0.336 e. The van der Waals surface area contributed by atoms with Crippen LogP contribution in [0.4, 0.5) is 5.69 Å². The van der Waals surface area contributed by atoms with Gasteiger partial charge in [0, 0.05) is 31.2 Å². The van der Waals surface area contributed by atoms with Crippen LogP contribution in [0.1, 0.15) is 17.2 Å². The van der Waals surface area contributed by atoms with E-state index in [-0.39, 0.29) is 6.04 Å². The first-order chi connectivity index (χ1) is 14.0. The van der Waals surface area contributed by atoms with E-state index in [1.54, 1.807) is 6.07 Å². The molecule has 0 aliphatic rings. The summed E-state index contributed by atoms with van der Waals surface area (Å²) in [5, 5.41) is 0.973. The number of benzene rings is 3. The highest BCUT2D eigenvalue weighted by molar-refractivity contribution is 7.90. The van der Waals surface area contributed by atoms with Gasteiger partial charge in [0.2, 0.25) is 0 Å². The molecule has 3 aromatic carbocycles. The molecular weight excluding hydrogens is 382 g/mol. The van der Waals surface area contributed by atoms with Crippen LogP contribution in [0.3, 0.4) is 0 Å². The Morgan fingerprint density at radius 2 is 1.41 bits per heavy atom. The summed E-state index contributed by atoms with van der Waals surface area (Å²) in [7, 11) is -0.536. The third-order valence-corrected chi connectivity index (χ3v) is 6.41. The molecule has 4 rings (SSSR count). The quantitative estimate of drug-likeness (QED) is 0.514. The summed E-state index contributed by atoms with van der Waals surface area (Å²) in [6.07, 6.45) is 2.06. The molecule has 0 radical (unpaired) electrons. The van der Waals surface area contributed by atoms with Gasteiger partial charge in [-0.15, -0.1) is 0 Å². The van der Waals surface area contributed by atoms with E-state index in [9.17, 15) is 8.42 Å². The van der Waals surface area contributed by atoms with Crippen LogP contribution in [0.25, 0.3) is 10.9 Å². The van der Waals surface area contributed by atoms with E-state index < -0.39 is 10.2 Å². The molecule has 1 heterocycles. The molecule has 0 atom stereocenters. The van der Waals surface area contributed by atoms with Gasteiger partial charge in [-0.25, -0.2) is 0 Å².